The van der Waals surface area contributed by atoms with E-state index in [0.29, 0.717) is 5.92 Å². The van der Waals surface area contributed by atoms with Gasteiger partial charge in [0.25, 0.3) is 0 Å². The van der Waals surface area contributed by atoms with Crippen molar-refractivity contribution in [3.8, 4) is 0 Å². The SMILES string of the molecule is CC(C)CC1(C(=O)NC2(CO)CC2)CCCC1. The molecule has 98 valence electrons. The van der Waals surface area contributed by atoms with Crippen molar-refractivity contribution in [3.63, 3.8) is 0 Å². The van der Waals surface area contributed by atoms with E-state index >= 15 is 0 Å². The highest BCUT2D eigenvalue weighted by atomic mass is 16.3. The molecule has 2 aliphatic carbocycles. The lowest BCUT2D eigenvalue weighted by atomic mass is 9.77. The van der Waals surface area contributed by atoms with Crippen molar-refractivity contribution in [2.75, 3.05) is 6.61 Å². The van der Waals surface area contributed by atoms with Gasteiger partial charge < -0.3 is 10.4 Å². The topological polar surface area (TPSA) is 49.3 Å². The number of carbonyl (C=O) groups excluding carboxylic acids is 1. The number of aliphatic hydroxyl groups excluding tert-OH is 1. The van der Waals surface area contributed by atoms with Gasteiger partial charge in [0, 0.05) is 5.41 Å². The highest BCUT2D eigenvalue weighted by Crippen LogP contribution is 2.45. The summed E-state index contributed by atoms with van der Waals surface area (Å²) in [5.41, 5.74) is -0.400. The summed E-state index contributed by atoms with van der Waals surface area (Å²) in [5.74, 6) is 0.762. The van der Waals surface area contributed by atoms with Gasteiger partial charge in [0.1, 0.15) is 0 Å². The van der Waals surface area contributed by atoms with E-state index in [9.17, 15) is 9.90 Å². The highest BCUT2D eigenvalue weighted by molar-refractivity contribution is 5.84. The van der Waals surface area contributed by atoms with E-state index in [1.807, 2.05) is 0 Å². The molecule has 0 atom stereocenters. The molecule has 0 spiro atoms. The van der Waals surface area contributed by atoms with Crippen molar-refractivity contribution in [2.45, 2.75) is 64.3 Å². The number of carbonyl (C=O) groups is 1. The van der Waals surface area contributed by atoms with Crippen LogP contribution in [0, 0.1) is 11.3 Å². The van der Waals surface area contributed by atoms with Crippen LogP contribution in [0.1, 0.15) is 58.8 Å². The Morgan fingerprint density at radius 1 is 1.24 bits per heavy atom. The summed E-state index contributed by atoms with van der Waals surface area (Å²) in [6.45, 7) is 4.47. The Hall–Kier alpha value is -0.570. The van der Waals surface area contributed by atoms with E-state index in [1.54, 1.807) is 0 Å². The number of nitrogens with one attached hydrogen (secondary N) is 1. The second kappa shape index (κ2) is 4.60. The van der Waals surface area contributed by atoms with Crippen LogP contribution < -0.4 is 5.32 Å². The normalized spacial score (nSPS) is 24.9. The van der Waals surface area contributed by atoms with Gasteiger partial charge in [0.05, 0.1) is 12.1 Å². The molecule has 2 aliphatic rings. The molecular formula is C14H25NO2. The molecule has 2 rings (SSSR count). The first-order chi connectivity index (χ1) is 8.02. The van der Waals surface area contributed by atoms with E-state index in [2.05, 4.69) is 19.2 Å². The van der Waals surface area contributed by atoms with Crippen LogP contribution in [0.25, 0.3) is 0 Å². The van der Waals surface area contributed by atoms with Crippen LogP contribution in [0.4, 0.5) is 0 Å². The molecule has 0 aromatic carbocycles. The van der Waals surface area contributed by atoms with Gasteiger partial charge in [-0.25, -0.2) is 0 Å². The number of rotatable bonds is 5. The minimum absolute atomic E-state index is 0.0937. The maximum Gasteiger partial charge on any atom is 0.226 e. The molecule has 0 aliphatic heterocycles. The number of aliphatic hydroxyl groups is 1. The van der Waals surface area contributed by atoms with Crippen molar-refractivity contribution in [2.24, 2.45) is 11.3 Å². The lowest BCUT2D eigenvalue weighted by molar-refractivity contribution is -0.133. The molecule has 0 aromatic rings. The summed E-state index contributed by atoms with van der Waals surface area (Å²) < 4.78 is 0. The van der Waals surface area contributed by atoms with Crippen LogP contribution in [0.3, 0.4) is 0 Å². The van der Waals surface area contributed by atoms with Gasteiger partial charge in [-0.2, -0.15) is 0 Å². The predicted molar refractivity (Wildman–Crippen MR) is 67.5 cm³/mol. The second-order valence-electron chi connectivity index (χ2n) is 6.48. The molecule has 0 unspecified atom stereocenters. The van der Waals surface area contributed by atoms with Crippen LogP contribution in [-0.4, -0.2) is 23.2 Å². The van der Waals surface area contributed by atoms with Crippen LogP contribution in [0.2, 0.25) is 0 Å². The van der Waals surface area contributed by atoms with Crippen molar-refractivity contribution in [1.29, 1.82) is 0 Å². The zero-order valence-corrected chi connectivity index (χ0v) is 11.1. The van der Waals surface area contributed by atoms with E-state index < -0.39 is 0 Å². The Labute approximate surface area is 104 Å². The Kier molecular flexibility index (Phi) is 3.48. The first kappa shape index (κ1) is 12.9. The Morgan fingerprint density at radius 2 is 1.82 bits per heavy atom. The first-order valence-corrected chi connectivity index (χ1v) is 6.95. The minimum Gasteiger partial charge on any atom is -0.394 e. The summed E-state index contributed by atoms with van der Waals surface area (Å²) in [5, 5.41) is 12.4. The maximum atomic E-state index is 12.5. The minimum atomic E-state index is -0.260. The fraction of sp³-hybridized carbons (Fsp3) is 0.929. The number of hydrogen-bond acceptors (Lipinski definition) is 2. The third kappa shape index (κ3) is 2.65. The maximum absolute atomic E-state index is 12.5. The standard InChI is InChI=1S/C14H25NO2/c1-11(2)9-13(5-3-4-6-13)12(17)15-14(10-16)7-8-14/h11,16H,3-10H2,1-2H3,(H,15,17). The molecule has 0 bridgehead atoms. The third-order valence-electron chi connectivity index (χ3n) is 4.38. The Morgan fingerprint density at radius 3 is 2.24 bits per heavy atom. The summed E-state index contributed by atoms with van der Waals surface area (Å²) in [4.78, 5) is 12.5. The summed E-state index contributed by atoms with van der Waals surface area (Å²) in [6, 6.07) is 0. The zero-order chi connectivity index (χ0) is 12.5. The van der Waals surface area contributed by atoms with Gasteiger partial charge in [0.15, 0.2) is 0 Å². The molecule has 0 radical (unpaired) electrons. The van der Waals surface area contributed by atoms with Crippen LogP contribution in [0.5, 0.6) is 0 Å². The van der Waals surface area contributed by atoms with Crippen LogP contribution >= 0.6 is 0 Å². The van der Waals surface area contributed by atoms with E-state index in [4.69, 9.17) is 0 Å². The zero-order valence-electron chi connectivity index (χ0n) is 11.1. The molecule has 17 heavy (non-hydrogen) atoms. The van der Waals surface area contributed by atoms with Gasteiger partial charge in [-0.3, -0.25) is 4.79 Å². The van der Waals surface area contributed by atoms with Crippen molar-refractivity contribution in [1.82, 2.24) is 5.32 Å². The molecule has 2 N–H and O–H groups in total. The first-order valence-electron chi connectivity index (χ1n) is 6.95. The highest BCUT2D eigenvalue weighted by Gasteiger charge is 2.49. The van der Waals surface area contributed by atoms with Crippen LogP contribution in [-0.2, 0) is 4.79 Å². The second-order valence-corrected chi connectivity index (χ2v) is 6.48. The largest absolute Gasteiger partial charge is 0.394 e. The molecule has 0 aromatic heterocycles. The predicted octanol–water partition coefficient (Wildman–Crippen LogP) is 2.23. The molecule has 3 nitrogen and oxygen atoms in total. The monoisotopic (exact) mass is 239 g/mol. The van der Waals surface area contributed by atoms with Gasteiger partial charge in [0.2, 0.25) is 5.91 Å². The molecule has 2 fully saturated rings. The number of hydrogen-bond donors (Lipinski definition) is 2. The molecule has 0 saturated heterocycles. The Bertz CT molecular complexity index is 289. The Balaban J connectivity index is 2.03. The smallest absolute Gasteiger partial charge is 0.226 e. The summed E-state index contributed by atoms with van der Waals surface area (Å²) >= 11 is 0. The fourth-order valence-electron chi connectivity index (χ4n) is 3.20. The average Bonchev–Trinajstić information content (AvgIpc) is 2.88. The quantitative estimate of drug-likeness (QED) is 0.773. The molecule has 2 saturated carbocycles. The summed E-state index contributed by atoms with van der Waals surface area (Å²) in [7, 11) is 0. The number of amides is 1. The van der Waals surface area contributed by atoms with Gasteiger partial charge in [-0.05, 0) is 38.0 Å². The summed E-state index contributed by atoms with van der Waals surface area (Å²) in [6.07, 6.45) is 7.26. The molecule has 0 heterocycles. The molecule has 1 amide bonds. The van der Waals surface area contributed by atoms with E-state index in [0.717, 1.165) is 32.1 Å². The fourth-order valence-corrected chi connectivity index (χ4v) is 3.20. The van der Waals surface area contributed by atoms with Gasteiger partial charge >= 0.3 is 0 Å². The molecule has 3 heteroatoms. The van der Waals surface area contributed by atoms with E-state index in [-0.39, 0.29) is 23.5 Å². The van der Waals surface area contributed by atoms with Crippen molar-refractivity contribution < 1.29 is 9.90 Å². The van der Waals surface area contributed by atoms with Crippen molar-refractivity contribution >= 4 is 5.91 Å². The lowest BCUT2D eigenvalue weighted by Crippen LogP contribution is -2.47. The third-order valence-corrected chi connectivity index (χ3v) is 4.38. The van der Waals surface area contributed by atoms with Crippen molar-refractivity contribution in [3.05, 3.63) is 0 Å². The molecular weight excluding hydrogens is 214 g/mol. The average molecular weight is 239 g/mol. The van der Waals surface area contributed by atoms with Gasteiger partial charge in [-0.15, -0.1) is 0 Å². The van der Waals surface area contributed by atoms with E-state index in [1.165, 1.54) is 12.8 Å². The lowest BCUT2D eigenvalue weighted by Gasteiger charge is -2.31. The van der Waals surface area contributed by atoms with Gasteiger partial charge in [-0.1, -0.05) is 26.7 Å². The van der Waals surface area contributed by atoms with Crippen LogP contribution in [0.15, 0.2) is 0 Å².